The SMILES string of the molecule is C[C@H](NC(=O)COC(=O)C(C)(C)Oc1ccc(C(=O)c2ccc(Cl)cc2)cc1)C(=O)N[C@@H](CCC(=O)OC(C)(C)C)C(=O)OC(C)(C)C. The monoisotopic (exact) mass is 688 g/mol. The highest BCUT2D eigenvalue weighted by molar-refractivity contribution is 6.30. The van der Waals surface area contributed by atoms with Gasteiger partial charge >= 0.3 is 17.9 Å². The molecule has 2 amide bonds. The zero-order chi connectivity index (χ0) is 36.4. The topological polar surface area (TPSA) is 163 Å². The Bertz CT molecular complexity index is 1470. The summed E-state index contributed by atoms with van der Waals surface area (Å²) in [5.41, 5.74) is -2.23. The summed E-state index contributed by atoms with van der Waals surface area (Å²) in [4.78, 5) is 75.9. The van der Waals surface area contributed by atoms with E-state index in [-0.39, 0.29) is 24.4 Å². The molecular formula is C35H45ClN2O10. The first-order valence-corrected chi connectivity index (χ1v) is 15.7. The molecule has 0 saturated carbocycles. The molecule has 0 heterocycles. The Morgan fingerprint density at radius 3 is 1.79 bits per heavy atom. The minimum atomic E-state index is -1.51. The van der Waals surface area contributed by atoms with Gasteiger partial charge in [0.2, 0.25) is 5.91 Å². The highest BCUT2D eigenvalue weighted by atomic mass is 35.5. The molecule has 0 spiro atoms. The number of nitrogens with one attached hydrogen (secondary N) is 2. The molecule has 2 N–H and O–H groups in total. The molecule has 48 heavy (non-hydrogen) atoms. The van der Waals surface area contributed by atoms with Crippen molar-refractivity contribution < 1.29 is 47.7 Å². The summed E-state index contributed by atoms with van der Waals surface area (Å²) in [7, 11) is 0. The maximum Gasteiger partial charge on any atom is 0.350 e. The van der Waals surface area contributed by atoms with E-state index >= 15 is 0 Å². The molecule has 2 aromatic rings. The fourth-order valence-electron chi connectivity index (χ4n) is 4.01. The van der Waals surface area contributed by atoms with E-state index < -0.39 is 65.2 Å². The molecule has 2 atom stereocenters. The molecular weight excluding hydrogens is 644 g/mol. The Kier molecular flexibility index (Phi) is 13.7. The van der Waals surface area contributed by atoms with E-state index in [0.29, 0.717) is 16.1 Å². The van der Waals surface area contributed by atoms with Gasteiger partial charge in [-0.25, -0.2) is 9.59 Å². The molecule has 0 fully saturated rings. The molecule has 0 aliphatic heterocycles. The smallest absolute Gasteiger partial charge is 0.350 e. The zero-order valence-electron chi connectivity index (χ0n) is 28.9. The number of ether oxygens (including phenoxy) is 4. The molecule has 262 valence electrons. The van der Waals surface area contributed by atoms with Gasteiger partial charge in [0.1, 0.15) is 29.0 Å². The second-order valence-electron chi connectivity index (χ2n) is 13.6. The molecule has 2 aromatic carbocycles. The number of carbonyl (C=O) groups is 6. The zero-order valence-corrected chi connectivity index (χ0v) is 29.6. The maximum atomic E-state index is 12.9. The van der Waals surface area contributed by atoms with Crippen molar-refractivity contribution >= 4 is 47.1 Å². The van der Waals surface area contributed by atoms with Crippen LogP contribution in [0.3, 0.4) is 0 Å². The first-order chi connectivity index (χ1) is 22.1. The minimum absolute atomic E-state index is 0.0929. The van der Waals surface area contributed by atoms with Gasteiger partial charge in [-0.1, -0.05) is 11.6 Å². The summed E-state index contributed by atoms with van der Waals surface area (Å²) < 4.78 is 21.6. The third kappa shape index (κ3) is 13.7. The average Bonchev–Trinajstić information content (AvgIpc) is 2.96. The van der Waals surface area contributed by atoms with Crippen molar-refractivity contribution in [3.8, 4) is 5.75 Å². The van der Waals surface area contributed by atoms with Crippen molar-refractivity contribution in [1.29, 1.82) is 0 Å². The van der Waals surface area contributed by atoms with E-state index in [2.05, 4.69) is 10.6 Å². The van der Waals surface area contributed by atoms with Crippen LogP contribution in [0.5, 0.6) is 5.75 Å². The fraction of sp³-hybridized carbons (Fsp3) is 0.486. The van der Waals surface area contributed by atoms with E-state index in [1.54, 1.807) is 77.9 Å². The number of esters is 3. The third-order valence-corrected chi connectivity index (χ3v) is 6.51. The highest BCUT2D eigenvalue weighted by Crippen LogP contribution is 2.22. The lowest BCUT2D eigenvalue weighted by Gasteiger charge is -2.26. The maximum absolute atomic E-state index is 12.9. The summed E-state index contributed by atoms with van der Waals surface area (Å²) in [6, 6.07) is 10.3. The lowest BCUT2D eigenvalue weighted by atomic mass is 10.0. The van der Waals surface area contributed by atoms with Crippen molar-refractivity contribution in [3.63, 3.8) is 0 Å². The van der Waals surface area contributed by atoms with E-state index in [9.17, 15) is 28.8 Å². The minimum Gasteiger partial charge on any atom is -0.476 e. The summed E-state index contributed by atoms with van der Waals surface area (Å²) in [5.74, 6) is -3.61. The normalized spacial score (nSPS) is 13.0. The van der Waals surface area contributed by atoms with Gasteiger partial charge in [0.15, 0.2) is 18.0 Å². The van der Waals surface area contributed by atoms with Gasteiger partial charge in [0.25, 0.3) is 5.91 Å². The number of benzene rings is 2. The molecule has 0 saturated heterocycles. The standard InChI is InChI=1S/C35H45ClN2O10/c1-21(30(42)38-26(31(43)48-34(5,6)7)18-19-28(40)47-33(2,3)4)37-27(39)20-45-32(44)35(8,9)46-25-16-12-23(13-17-25)29(41)22-10-14-24(36)15-11-22/h10-17,21,26H,18-20H2,1-9H3,(H,37,39)(H,38,42)/t21-,26-/m0/s1. The van der Waals surface area contributed by atoms with Crippen LogP contribution in [0, 0.1) is 0 Å². The number of hydrogen-bond acceptors (Lipinski definition) is 10. The second kappa shape index (κ2) is 16.6. The molecule has 0 unspecified atom stereocenters. The quantitative estimate of drug-likeness (QED) is 0.161. The van der Waals surface area contributed by atoms with Crippen molar-refractivity contribution in [2.75, 3.05) is 6.61 Å². The van der Waals surface area contributed by atoms with Crippen molar-refractivity contribution in [1.82, 2.24) is 10.6 Å². The predicted molar refractivity (Wildman–Crippen MR) is 177 cm³/mol. The van der Waals surface area contributed by atoms with Crippen LogP contribution in [0.2, 0.25) is 5.02 Å². The van der Waals surface area contributed by atoms with E-state index in [1.165, 1.54) is 32.9 Å². The number of rotatable bonds is 14. The van der Waals surface area contributed by atoms with Crippen LogP contribution in [-0.2, 0) is 38.2 Å². The third-order valence-electron chi connectivity index (χ3n) is 6.26. The van der Waals surface area contributed by atoms with Gasteiger partial charge in [0, 0.05) is 22.6 Å². The van der Waals surface area contributed by atoms with Crippen LogP contribution in [0.4, 0.5) is 0 Å². The Hall–Kier alpha value is -4.45. The fourth-order valence-corrected chi connectivity index (χ4v) is 4.13. The second-order valence-corrected chi connectivity index (χ2v) is 14.0. The lowest BCUT2D eigenvalue weighted by Crippen LogP contribution is -2.52. The van der Waals surface area contributed by atoms with Crippen LogP contribution in [0.1, 0.15) is 91.1 Å². The van der Waals surface area contributed by atoms with E-state index in [4.69, 9.17) is 30.5 Å². The molecule has 0 aliphatic rings. The van der Waals surface area contributed by atoms with Gasteiger partial charge in [-0.3, -0.25) is 19.2 Å². The van der Waals surface area contributed by atoms with Crippen molar-refractivity contribution in [2.45, 2.75) is 104 Å². The predicted octanol–water partition coefficient (Wildman–Crippen LogP) is 4.72. The summed E-state index contributed by atoms with van der Waals surface area (Å²) in [6.45, 7) is 13.7. The molecule has 0 aliphatic carbocycles. The molecule has 0 bridgehead atoms. The van der Waals surface area contributed by atoms with Crippen LogP contribution < -0.4 is 15.4 Å². The largest absolute Gasteiger partial charge is 0.476 e. The van der Waals surface area contributed by atoms with Crippen LogP contribution in [0.25, 0.3) is 0 Å². The van der Waals surface area contributed by atoms with E-state index in [1.807, 2.05) is 0 Å². The Morgan fingerprint density at radius 2 is 1.27 bits per heavy atom. The average molecular weight is 689 g/mol. The molecule has 2 rings (SSSR count). The first kappa shape index (κ1) is 39.7. The molecule has 12 nitrogen and oxygen atoms in total. The Balaban J connectivity index is 1.92. The number of ketones is 1. The Labute approximate surface area is 286 Å². The summed E-state index contributed by atoms with van der Waals surface area (Å²) in [6.07, 6.45) is -0.258. The molecule has 0 radical (unpaired) electrons. The van der Waals surface area contributed by atoms with E-state index in [0.717, 1.165) is 0 Å². The van der Waals surface area contributed by atoms with Crippen LogP contribution in [-0.4, -0.2) is 71.0 Å². The number of halogens is 1. The number of amides is 2. The molecule has 0 aromatic heterocycles. The summed E-state index contributed by atoms with van der Waals surface area (Å²) >= 11 is 5.89. The summed E-state index contributed by atoms with van der Waals surface area (Å²) in [5, 5.41) is 5.43. The van der Waals surface area contributed by atoms with Gasteiger partial charge < -0.3 is 29.6 Å². The van der Waals surface area contributed by atoms with Gasteiger partial charge in [-0.05, 0) is 117 Å². The van der Waals surface area contributed by atoms with Gasteiger partial charge in [0.05, 0.1) is 0 Å². The van der Waals surface area contributed by atoms with Gasteiger partial charge in [-0.2, -0.15) is 0 Å². The van der Waals surface area contributed by atoms with Crippen LogP contribution >= 0.6 is 11.6 Å². The Morgan fingerprint density at radius 1 is 0.750 bits per heavy atom. The van der Waals surface area contributed by atoms with Crippen molar-refractivity contribution in [2.24, 2.45) is 0 Å². The lowest BCUT2D eigenvalue weighted by molar-refractivity contribution is -0.162. The van der Waals surface area contributed by atoms with Crippen LogP contribution in [0.15, 0.2) is 48.5 Å². The highest BCUT2D eigenvalue weighted by Gasteiger charge is 2.33. The number of carbonyl (C=O) groups excluding carboxylic acids is 6. The van der Waals surface area contributed by atoms with Gasteiger partial charge in [-0.15, -0.1) is 0 Å². The number of hydrogen-bond donors (Lipinski definition) is 2. The molecule has 13 heteroatoms. The first-order valence-electron chi connectivity index (χ1n) is 15.4. The van der Waals surface area contributed by atoms with Crippen molar-refractivity contribution in [3.05, 3.63) is 64.7 Å².